The molecule has 1 N–H and O–H groups in total. The van der Waals surface area contributed by atoms with Crippen molar-refractivity contribution in [3.63, 3.8) is 0 Å². The Morgan fingerprint density at radius 3 is 2.36 bits per heavy atom. The van der Waals surface area contributed by atoms with E-state index in [1.807, 2.05) is 65.8 Å². The number of ether oxygens (including phenoxy) is 2. The van der Waals surface area contributed by atoms with Crippen LogP contribution < -0.4 is 9.46 Å². The summed E-state index contributed by atoms with van der Waals surface area (Å²) in [5, 5.41) is 0. The highest BCUT2D eigenvalue weighted by Crippen LogP contribution is 2.48. The molecular weight excluding hydrogens is 376 g/mol. The Labute approximate surface area is 170 Å². The van der Waals surface area contributed by atoms with Crippen LogP contribution in [0.3, 0.4) is 0 Å². The number of nitrogens with zero attached hydrogens (tertiary/aromatic N) is 1. The predicted molar refractivity (Wildman–Crippen MR) is 111 cm³/mol. The molecule has 2 atom stereocenters. The third-order valence-electron chi connectivity index (χ3n) is 5.11. The molecule has 7 heteroatoms. The van der Waals surface area contributed by atoms with Crippen molar-refractivity contribution in [1.82, 2.24) is 9.62 Å². The van der Waals surface area contributed by atoms with Crippen LogP contribution in [0.4, 0.5) is 4.79 Å². The highest BCUT2D eigenvalue weighted by Gasteiger charge is 2.51. The van der Waals surface area contributed by atoms with E-state index < -0.39 is 22.2 Å². The van der Waals surface area contributed by atoms with Crippen molar-refractivity contribution in [1.29, 1.82) is 0 Å². The van der Waals surface area contributed by atoms with E-state index in [0.717, 1.165) is 11.3 Å². The van der Waals surface area contributed by atoms with E-state index in [4.69, 9.17) is 9.47 Å². The monoisotopic (exact) mass is 408 g/mol. The molecule has 28 heavy (non-hydrogen) atoms. The number of hydrogen-bond donors (Lipinski definition) is 1. The molecule has 1 fully saturated rings. The van der Waals surface area contributed by atoms with E-state index in [-0.39, 0.29) is 16.9 Å². The molecule has 1 amide bonds. The standard InChI is InChI=1S/C21H32N2O4S/c1-19(2,3)27-18(24)23-13-11-21(12-14-23)17(22-28(25)20(4,5)6)15-9-7-8-10-16(15)26-21/h7-10,17,22H,11-14H2,1-6H3/t17-,28?/m1/s1. The topological polar surface area (TPSA) is 67.9 Å². The first-order chi connectivity index (χ1) is 12.9. The predicted octanol–water partition coefficient (Wildman–Crippen LogP) is 3.94. The number of piperidine rings is 1. The molecule has 0 bridgehead atoms. The molecule has 1 spiro atoms. The number of likely N-dealkylation sites (tertiary alicyclic amines) is 1. The molecule has 0 aliphatic carbocycles. The summed E-state index contributed by atoms with van der Waals surface area (Å²) in [4.78, 5) is 14.2. The fourth-order valence-electron chi connectivity index (χ4n) is 3.61. The molecule has 2 aliphatic rings. The van der Waals surface area contributed by atoms with Gasteiger partial charge in [-0.15, -0.1) is 0 Å². The molecule has 156 valence electrons. The van der Waals surface area contributed by atoms with Crippen LogP contribution in [0.2, 0.25) is 0 Å². The second-order valence-electron chi connectivity index (χ2n) is 9.60. The number of carbonyl (C=O) groups is 1. The van der Waals surface area contributed by atoms with Gasteiger partial charge in [-0.1, -0.05) is 18.2 Å². The number of para-hydroxylation sites is 1. The quantitative estimate of drug-likeness (QED) is 0.805. The molecular formula is C21H32N2O4S. The van der Waals surface area contributed by atoms with Crippen molar-refractivity contribution < 1.29 is 18.5 Å². The van der Waals surface area contributed by atoms with Gasteiger partial charge in [-0.2, -0.15) is 0 Å². The Morgan fingerprint density at radius 1 is 1.18 bits per heavy atom. The highest BCUT2D eigenvalue weighted by molar-refractivity contribution is 7.84. The van der Waals surface area contributed by atoms with Crippen molar-refractivity contribution in [2.24, 2.45) is 0 Å². The molecule has 0 aromatic heterocycles. The zero-order valence-corrected chi connectivity index (χ0v) is 18.5. The van der Waals surface area contributed by atoms with Crippen LogP contribution in [-0.4, -0.2) is 44.2 Å². The van der Waals surface area contributed by atoms with Gasteiger partial charge in [0.25, 0.3) is 0 Å². The van der Waals surface area contributed by atoms with Crippen LogP contribution in [-0.2, 0) is 15.7 Å². The first-order valence-electron chi connectivity index (χ1n) is 9.85. The second-order valence-corrected chi connectivity index (χ2v) is 11.6. The van der Waals surface area contributed by atoms with E-state index in [9.17, 15) is 9.00 Å². The van der Waals surface area contributed by atoms with E-state index >= 15 is 0 Å². The Hall–Kier alpha value is -1.60. The normalized spacial score (nSPS) is 22.5. The van der Waals surface area contributed by atoms with Crippen LogP contribution in [0.1, 0.15) is 66.0 Å². The summed E-state index contributed by atoms with van der Waals surface area (Å²) in [5.74, 6) is 0.830. The molecule has 6 nitrogen and oxygen atoms in total. The summed E-state index contributed by atoms with van der Waals surface area (Å²) in [7, 11) is -1.23. The number of rotatable bonds is 2. The van der Waals surface area contributed by atoms with Gasteiger partial charge in [0.2, 0.25) is 0 Å². The van der Waals surface area contributed by atoms with Crippen LogP contribution in [0, 0.1) is 0 Å². The summed E-state index contributed by atoms with van der Waals surface area (Å²) in [6, 6.07) is 7.74. The summed E-state index contributed by atoms with van der Waals surface area (Å²) < 4.78 is 27.7. The molecule has 1 unspecified atom stereocenters. The lowest BCUT2D eigenvalue weighted by atomic mass is 9.83. The van der Waals surface area contributed by atoms with E-state index in [2.05, 4.69) is 4.72 Å². The van der Waals surface area contributed by atoms with Gasteiger partial charge in [0.15, 0.2) is 0 Å². The zero-order chi connectivity index (χ0) is 20.7. The molecule has 0 saturated carbocycles. The van der Waals surface area contributed by atoms with Crippen LogP contribution in [0.5, 0.6) is 5.75 Å². The van der Waals surface area contributed by atoms with Gasteiger partial charge in [0, 0.05) is 31.5 Å². The first kappa shape index (κ1) is 21.1. The van der Waals surface area contributed by atoms with Gasteiger partial charge in [0.1, 0.15) is 17.0 Å². The Morgan fingerprint density at radius 2 is 1.79 bits per heavy atom. The van der Waals surface area contributed by atoms with Gasteiger partial charge in [-0.25, -0.2) is 13.7 Å². The summed E-state index contributed by atoms with van der Waals surface area (Å²) in [6.45, 7) is 12.6. The third-order valence-corrected chi connectivity index (χ3v) is 6.67. The number of amides is 1. The second kappa shape index (κ2) is 7.34. The highest BCUT2D eigenvalue weighted by atomic mass is 32.2. The van der Waals surface area contributed by atoms with Gasteiger partial charge >= 0.3 is 6.09 Å². The van der Waals surface area contributed by atoms with E-state index in [1.165, 1.54) is 0 Å². The minimum Gasteiger partial charge on any atom is -0.485 e. The average Bonchev–Trinajstić information content (AvgIpc) is 2.86. The fraction of sp³-hybridized carbons (Fsp3) is 0.667. The van der Waals surface area contributed by atoms with Gasteiger partial charge < -0.3 is 14.4 Å². The Kier molecular flexibility index (Phi) is 5.53. The lowest BCUT2D eigenvalue weighted by Gasteiger charge is -2.42. The van der Waals surface area contributed by atoms with Crippen LogP contribution in [0.15, 0.2) is 24.3 Å². The third kappa shape index (κ3) is 4.35. The number of nitrogens with one attached hydrogen (secondary N) is 1. The van der Waals surface area contributed by atoms with Crippen LogP contribution >= 0.6 is 0 Å². The Balaban J connectivity index is 1.79. The largest absolute Gasteiger partial charge is 0.485 e. The van der Waals surface area contributed by atoms with Crippen molar-refractivity contribution in [2.45, 2.75) is 76.4 Å². The summed E-state index contributed by atoms with van der Waals surface area (Å²) >= 11 is 0. The number of carbonyl (C=O) groups excluding carboxylic acids is 1. The maximum Gasteiger partial charge on any atom is 0.410 e. The lowest BCUT2D eigenvalue weighted by molar-refractivity contribution is -0.0202. The number of benzene rings is 1. The molecule has 1 aromatic carbocycles. The zero-order valence-electron chi connectivity index (χ0n) is 17.7. The smallest absolute Gasteiger partial charge is 0.410 e. The minimum absolute atomic E-state index is 0.176. The van der Waals surface area contributed by atoms with E-state index in [1.54, 1.807) is 4.90 Å². The maximum absolute atomic E-state index is 12.8. The SMILES string of the molecule is CC(C)(C)OC(=O)N1CCC2(CC1)Oc1ccccc1[C@H]2NS(=O)C(C)(C)C. The minimum atomic E-state index is -1.23. The van der Waals surface area contributed by atoms with Gasteiger partial charge in [0.05, 0.1) is 21.8 Å². The Bertz CT molecular complexity index is 758. The molecule has 0 radical (unpaired) electrons. The number of hydrogen-bond acceptors (Lipinski definition) is 4. The molecule has 1 aromatic rings. The summed E-state index contributed by atoms with van der Waals surface area (Å²) in [6.07, 6.45) is 1.01. The molecule has 3 rings (SSSR count). The number of fused-ring (bicyclic) bond motifs is 1. The summed E-state index contributed by atoms with van der Waals surface area (Å²) in [5.41, 5.74) is 0.00848. The first-order valence-corrected chi connectivity index (χ1v) is 11.0. The van der Waals surface area contributed by atoms with Crippen molar-refractivity contribution in [3.05, 3.63) is 29.8 Å². The van der Waals surface area contributed by atoms with Gasteiger partial charge in [-0.3, -0.25) is 0 Å². The van der Waals surface area contributed by atoms with Crippen molar-refractivity contribution in [2.75, 3.05) is 13.1 Å². The van der Waals surface area contributed by atoms with Gasteiger partial charge in [-0.05, 0) is 47.6 Å². The van der Waals surface area contributed by atoms with E-state index in [0.29, 0.717) is 25.9 Å². The van der Waals surface area contributed by atoms with Crippen molar-refractivity contribution in [3.8, 4) is 5.75 Å². The van der Waals surface area contributed by atoms with Crippen molar-refractivity contribution >= 4 is 17.1 Å². The molecule has 2 aliphatic heterocycles. The van der Waals surface area contributed by atoms with Crippen LogP contribution in [0.25, 0.3) is 0 Å². The molecule has 1 saturated heterocycles. The maximum atomic E-state index is 12.8. The fourth-order valence-corrected chi connectivity index (χ4v) is 4.52. The average molecular weight is 409 g/mol. The lowest BCUT2D eigenvalue weighted by Crippen LogP contribution is -2.55. The molecule has 2 heterocycles.